The van der Waals surface area contributed by atoms with Gasteiger partial charge in [0.25, 0.3) is 0 Å². The van der Waals surface area contributed by atoms with Crippen LogP contribution in [0.2, 0.25) is 0 Å². The summed E-state index contributed by atoms with van der Waals surface area (Å²) in [6.07, 6.45) is 4.75. The molecular formula is C16H18BrFN2S. The summed E-state index contributed by atoms with van der Waals surface area (Å²) >= 11 is 5.08. The van der Waals surface area contributed by atoms with Gasteiger partial charge in [-0.15, -0.1) is 11.3 Å². The van der Waals surface area contributed by atoms with Gasteiger partial charge in [-0.1, -0.05) is 13.0 Å². The zero-order valence-corrected chi connectivity index (χ0v) is 14.4. The Hall–Kier alpha value is -0.780. The fourth-order valence-electron chi connectivity index (χ4n) is 2.74. The lowest BCUT2D eigenvalue weighted by molar-refractivity contribution is 0.605. The van der Waals surface area contributed by atoms with Crippen LogP contribution >= 0.6 is 27.3 Å². The van der Waals surface area contributed by atoms with E-state index in [1.807, 2.05) is 12.1 Å². The third-order valence-corrected chi connectivity index (χ3v) is 5.62. The number of thiazole rings is 1. The van der Waals surface area contributed by atoms with Gasteiger partial charge in [-0.2, -0.15) is 0 Å². The quantitative estimate of drug-likeness (QED) is 0.851. The normalized spacial score (nSPS) is 15.8. The fraction of sp³-hybridized carbons (Fsp3) is 0.438. The highest BCUT2D eigenvalue weighted by atomic mass is 79.9. The van der Waals surface area contributed by atoms with E-state index < -0.39 is 0 Å². The van der Waals surface area contributed by atoms with Crippen molar-refractivity contribution in [3.63, 3.8) is 0 Å². The van der Waals surface area contributed by atoms with Crippen molar-refractivity contribution in [1.82, 2.24) is 10.3 Å². The molecule has 1 aliphatic rings. The number of hydrogen-bond donors (Lipinski definition) is 1. The smallest absolute Gasteiger partial charge is 0.137 e. The van der Waals surface area contributed by atoms with Crippen LogP contribution in [-0.4, -0.2) is 11.5 Å². The summed E-state index contributed by atoms with van der Waals surface area (Å²) < 4.78 is 14.0. The third-order valence-electron chi connectivity index (χ3n) is 3.79. The first kappa shape index (κ1) is 15.1. The topological polar surface area (TPSA) is 24.9 Å². The molecule has 1 atom stereocenters. The monoisotopic (exact) mass is 368 g/mol. The second-order valence-electron chi connectivity index (χ2n) is 5.29. The van der Waals surface area contributed by atoms with E-state index in [-0.39, 0.29) is 11.9 Å². The molecule has 0 spiro atoms. The van der Waals surface area contributed by atoms with Crippen LogP contribution in [0.4, 0.5) is 4.39 Å². The Kier molecular flexibility index (Phi) is 4.72. The summed E-state index contributed by atoms with van der Waals surface area (Å²) in [6, 6.07) is 5.25. The molecule has 1 aliphatic carbocycles. The summed E-state index contributed by atoms with van der Waals surface area (Å²) in [6.45, 7) is 2.93. The van der Waals surface area contributed by atoms with Crippen molar-refractivity contribution < 1.29 is 4.39 Å². The Morgan fingerprint density at radius 2 is 2.19 bits per heavy atom. The van der Waals surface area contributed by atoms with Crippen molar-refractivity contribution in [2.24, 2.45) is 0 Å². The molecule has 21 heavy (non-hydrogen) atoms. The molecule has 3 rings (SSSR count). The molecule has 2 aromatic rings. The Bertz CT molecular complexity index is 618. The summed E-state index contributed by atoms with van der Waals surface area (Å²) in [7, 11) is 0. The molecule has 0 fully saturated rings. The van der Waals surface area contributed by atoms with Gasteiger partial charge >= 0.3 is 0 Å². The predicted octanol–water partition coefficient (Wildman–Crippen LogP) is 4.62. The van der Waals surface area contributed by atoms with E-state index in [9.17, 15) is 4.39 Å². The van der Waals surface area contributed by atoms with E-state index in [2.05, 4.69) is 28.2 Å². The van der Waals surface area contributed by atoms with E-state index in [0.717, 1.165) is 30.0 Å². The third kappa shape index (κ3) is 3.20. The second kappa shape index (κ2) is 6.55. The van der Waals surface area contributed by atoms with Gasteiger partial charge in [0.1, 0.15) is 10.8 Å². The Morgan fingerprint density at radius 3 is 2.90 bits per heavy atom. The molecule has 1 aromatic carbocycles. The molecule has 0 radical (unpaired) electrons. The minimum atomic E-state index is -0.229. The van der Waals surface area contributed by atoms with E-state index in [1.165, 1.54) is 29.5 Å². The standard InChI is InChI=1S/C16H18BrFN2S/c1-2-19-15(10-7-8-12(18)11(17)9-10)16-20-13-5-3-4-6-14(13)21-16/h7-9,15,19H,2-6H2,1H3. The number of nitrogens with zero attached hydrogens (tertiary/aromatic N) is 1. The molecule has 2 nitrogen and oxygen atoms in total. The van der Waals surface area contributed by atoms with Crippen LogP contribution in [0, 0.1) is 5.82 Å². The molecule has 0 aliphatic heterocycles. The van der Waals surface area contributed by atoms with Crippen LogP contribution in [0.1, 0.15) is 46.9 Å². The van der Waals surface area contributed by atoms with Gasteiger partial charge in [0.05, 0.1) is 16.2 Å². The zero-order chi connectivity index (χ0) is 14.8. The highest BCUT2D eigenvalue weighted by molar-refractivity contribution is 9.10. The van der Waals surface area contributed by atoms with E-state index >= 15 is 0 Å². The summed E-state index contributed by atoms with van der Waals surface area (Å²) in [4.78, 5) is 6.28. The molecule has 0 amide bonds. The predicted molar refractivity (Wildman–Crippen MR) is 88.4 cm³/mol. The summed E-state index contributed by atoms with van der Waals surface area (Å²) in [5, 5.41) is 4.57. The van der Waals surface area contributed by atoms with Gasteiger partial charge in [-0.25, -0.2) is 9.37 Å². The van der Waals surface area contributed by atoms with Crippen LogP contribution in [0.15, 0.2) is 22.7 Å². The van der Waals surface area contributed by atoms with Crippen LogP contribution in [0.3, 0.4) is 0 Å². The van der Waals surface area contributed by atoms with Gasteiger partial charge in [0.2, 0.25) is 0 Å². The molecule has 0 saturated carbocycles. The van der Waals surface area contributed by atoms with Crippen LogP contribution < -0.4 is 5.32 Å². The number of aryl methyl sites for hydroxylation is 2. The largest absolute Gasteiger partial charge is 0.305 e. The molecule has 5 heteroatoms. The van der Waals surface area contributed by atoms with Crippen molar-refractivity contribution in [2.45, 2.75) is 38.6 Å². The lowest BCUT2D eigenvalue weighted by atomic mass is 10.0. The maximum Gasteiger partial charge on any atom is 0.137 e. The molecule has 1 aromatic heterocycles. The maximum atomic E-state index is 13.5. The number of halogens is 2. The van der Waals surface area contributed by atoms with Gasteiger partial charge < -0.3 is 5.32 Å². The fourth-order valence-corrected chi connectivity index (χ4v) is 4.39. The maximum absolute atomic E-state index is 13.5. The van der Waals surface area contributed by atoms with Crippen LogP contribution in [-0.2, 0) is 12.8 Å². The molecule has 112 valence electrons. The Labute approximate surface area is 136 Å². The van der Waals surface area contributed by atoms with Crippen molar-refractivity contribution in [2.75, 3.05) is 6.54 Å². The van der Waals surface area contributed by atoms with Crippen molar-refractivity contribution >= 4 is 27.3 Å². The molecule has 1 heterocycles. The van der Waals surface area contributed by atoms with E-state index in [0.29, 0.717) is 4.47 Å². The van der Waals surface area contributed by atoms with Gasteiger partial charge in [-0.3, -0.25) is 0 Å². The summed E-state index contributed by atoms with van der Waals surface area (Å²) in [5.41, 5.74) is 2.32. The Balaban J connectivity index is 1.96. The molecule has 0 bridgehead atoms. The van der Waals surface area contributed by atoms with E-state index in [4.69, 9.17) is 4.98 Å². The molecule has 1 unspecified atom stereocenters. The number of benzene rings is 1. The highest BCUT2D eigenvalue weighted by Crippen LogP contribution is 2.33. The minimum absolute atomic E-state index is 0.0440. The van der Waals surface area contributed by atoms with Gasteiger partial charge in [0.15, 0.2) is 0 Å². The number of nitrogens with one attached hydrogen (secondary N) is 1. The van der Waals surface area contributed by atoms with Crippen LogP contribution in [0.5, 0.6) is 0 Å². The first-order chi connectivity index (χ1) is 10.2. The summed E-state index contributed by atoms with van der Waals surface area (Å²) in [5.74, 6) is -0.229. The van der Waals surface area contributed by atoms with Crippen molar-refractivity contribution in [3.05, 3.63) is 49.6 Å². The lowest BCUT2D eigenvalue weighted by Crippen LogP contribution is -2.22. The average molecular weight is 369 g/mol. The molecule has 0 saturated heterocycles. The molecule has 1 N–H and O–H groups in total. The zero-order valence-electron chi connectivity index (χ0n) is 12.0. The molecular weight excluding hydrogens is 351 g/mol. The SMILES string of the molecule is CCNC(c1ccc(F)c(Br)c1)c1nc2c(s1)CCCC2. The first-order valence-electron chi connectivity index (χ1n) is 7.36. The second-order valence-corrected chi connectivity index (χ2v) is 7.26. The van der Waals surface area contributed by atoms with Crippen LogP contribution in [0.25, 0.3) is 0 Å². The number of rotatable bonds is 4. The van der Waals surface area contributed by atoms with Crippen molar-refractivity contribution in [3.8, 4) is 0 Å². The van der Waals surface area contributed by atoms with Gasteiger partial charge in [-0.05, 0) is 65.9 Å². The minimum Gasteiger partial charge on any atom is -0.305 e. The van der Waals surface area contributed by atoms with E-state index in [1.54, 1.807) is 11.3 Å². The van der Waals surface area contributed by atoms with Crippen molar-refractivity contribution in [1.29, 1.82) is 0 Å². The first-order valence-corrected chi connectivity index (χ1v) is 8.96. The average Bonchev–Trinajstić information content (AvgIpc) is 2.91. The lowest BCUT2D eigenvalue weighted by Gasteiger charge is -2.16. The number of fused-ring (bicyclic) bond motifs is 1. The highest BCUT2D eigenvalue weighted by Gasteiger charge is 2.22. The number of hydrogen-bond acceptors (Lipinski definition) is 3. The number of aromatic nitrogens is 1. The van der Waals surface area contributed by atoms with Gasteiger partial charge in [0, 0.05) is 4.88 Å². The Morgan fingerprint density at radius 1 is 1.38 bits per heavy atom.